The van der Waals surface area contributed by atoms with Gasteiger partial charge in [-0.15, -0.1) is 0 Å². The molecule has 0 aromatic carbocycles. The van der Waals surface area contributed by atoms with Crippen LogP contribution in [0.4, 0.5) is 11.5 Å². The first-order valence-electron chi connectivity index (χ1n) is 6.91. The average Bonchev–Trinajstić information content (AvgIpc) is 2.92. The van der Waals surface area contributed by atoms with E-state index in [1.165, 1.54) is 6.07 Å². The quantitative estimate of drug-likeness (QED) is 0.608. The lowest BCUT2D eigenvalue weighted by Crippen LogP contribution is -2.31. The van der Waals surface area contributed by atoms with Gasteiger partial charge in [-0.1, -0.05) is 6.92 Å². The summed E-state index contributed by atoms with van der Waals surface area (Å²) in [5.74, 6) is -0.0123. The van der Waals surface area contributed by atoms with Gasteiger partial charge < -0.3 is 16.0 Å². The highest BCUT2D eigenvalue weighted by molar-refractivity contribution is 5.98. The molecule has 1 aromatic heterocycles. The lowest BCUT2D eigenvalue weighted by Gasteiger charge is -2.13. The first kappa shape index (κ1) is 15.2. The Morgan fingerprint density at radius 2 is 2.43 bits per heavy atom. The molecule has 1 aromatic rings. The Morgan fingerprint density at radius 3 is 3.05 bits per heavy atom. The molecule has 1 amide bonds. The number of nitrogens with zero attached hydrogens (tertiary/aromatic N) is 3. The summed E-state index contributed by atoms with van der Waals surface area (Å²) in [7, 11) is 0. The highest BCUT2D eigenvalue weighted by Crippen LogP contribution is 2.19. The maximum absolute atomic E-state index is 12.1. The Balaban J connectivity index is 2.00. The van der Waals surface area contributed by atoms with Gasteiger partial charge >= 0.3 is 0 Å². The molecule has 1 aliphatic heterocycles. The lowest BCUT2D eigenvalue weighted by molar-refractivity contribution is -0.385. The van der Waals surface area contributed by atoms with Gasteiger partial charge in [-0.3, -0.25) is 14.9 Å². The van der Waals surface area contributed by atoms with Crippen LogP contribution in [0, 0.1) is 16.0 Å². The van der Waals surface area contributed by atoms with Crippen LogP contribution in [-0.4, -0.2) is 46.9 Å². The Labute approximate surface area is 122 Å². The summed E-state index contributed by atoms with van der Waals surface area (Å²) in [5, 5.41) is 13.7. The third-order valence-electron chi connectivity index (χ3n) is 3.71. The van der Waals surface area contributed by atoms with Crippen LogP contribution in [-0.2, 0) is 0 Å². The highest BCUT2D eigenvalue weighted by Gasteiger charge is 2.24. The van der Waals surface area contributed by atoms with E-state index in [-0.39, 0.29) is 17.1 Å². The molecule has 1 atom stereocenters. The Bertz CT molecular complexity index is 549. The van der Waals surface area contributed by atoms with Crippen molar-refractivity contribution >= 4 is 17.4 Å². The molecule has 1 unspecified atom stereocenters. The Hall–Kier alpha value is -2.22. The van der Waals surface area contributed by atoms with Gasteiger partial charge in [0.15, 0.2) is 0 Å². The van der Waals surface area contributed by atoms with Crippen molar-refractivity contribution < 1.29 is 9.72 Å². The van der Waals surface area contributed by atoms with Gasteiger partial charge in [-0.05, 0) is 31.5 Å². The molecule has 1 aliphatic rings. The molecule has 8 nitrogen and oxygen atoms in total. The van der Waals surface area contributed by atoms with E-state index in [9.17, 15) is 14.9 Å². The van der Waals surface area contributed by atoms with E-state index >= 15 is 0 Å². The molecule has 2 heterocycles. The molecular weight excluding hydrogens is 274 g/mol. The number of likely N-dealkylation sites (tertiary alicyclic amines) is 1. The zero-order valence-electron chi connectivity index (χ0n) is 11.9. The molecule has 1 saturated heterocycles. The molecule has 0 radical (unpaired) electrons. The minimum Gasteiger partial charge on any atom is -0.384 e. The summed E-state index contributed by atoms with van der Waals surface area (Å²) in [6.07, 6.45) is 2.04. The molecule has 8 heteroatoms. The summed E-state index contributed by atoms with van der Waals surface area (Å²) in [4.78, 5) is 28.4. The number of nitrogen functional groups attached to an aromatic ring is 1. The van der Waals surface area contributed by atoms with Crippen LogP contribution < -0.4 is 11.1 Å². The van der Waals surface area contributed by atoms with E-state index in [0.717, 1.165) is 32.3 Å². The van der Waals surface area contributed by atoms with Crippen molar-refractivity contribution in [1.29, 1.82) is 0 Å². The largest absolute Gasteiger partial charge is 0.384 e. The number of carbonyl (C=O) groups excluding carboxylic acids is 1. The summed E-state index contributed by atoms with van der Waals surface area (Å²) >= 11 is 0. The number of carbonyl (C=O) groups is 1. The molecule has 0 bridgehead atoms. The van der Waals surface area contributed by atoms with Gasteiger partial charge in [0.05, 0.1) is 4.92 Å². The monoisotopic (exact) mass is 293 g/mol. The Kier molecular flexibility index (Phi) is 4.69. The Morgan fingerprint density at radius 1 is 1.67 bits per heavy atom. The molecule has 0 spiro atoms. The second-order valence-electron chi connectivity index (χ2n) is 5.14. The standard InChI is InChI=1S/C13H19N5O3/c1-2-17-4-3-9(8-17)6-16-13(19)10-5-12(14)15-7-11(10)18(20)21/h5,7,9H,2-4,6,8H2,1H3,(H2,14,15)(H,16,19). The lowest BCUT2D eigenvalue weighted by atomic mass is 10.1. The van der Waals surface area contributed by atoms with E-state index in [1.807, 2.05) is 0 Å². The first-order chi connectivity index (χ1) is 10.0. The minimum absolute atomic E-state index is 0.0437. The van der Waals surface area contributed by atoms with E-state index in [4.69, 9.17) is 5.73 Å². The topological polar surface area (TPSA) is 114 Å². The smallest absolute Gasteiger partial charge is 0.300 e. The van der Waals surface area contributed by atoms with Crippen molar-refractivity contribution in [3.63, 3.8) is 0 Å². The zero-order valence-corrected chi connectivity index (χ0v) is 11.9. The van der Waals surface area contributed by atoms with E-state index < -0.39 is 10.8 Å². The van der Waals surface area contributed by atoms with Gasteiger partial charge in [0.2, 0.25) is 0 Å². The average molecular weight is 293 g/mol. The van der Waals surface area contributed by atoms with Crippen LogP contribution in [0.3, 0.4) is 0 Å². The first-order valence-corrected chi connectivity index (χ1v) is 6.91. The molecular formula is C13H19N5O3. The zero-order chi connectivity index (χ0) is 15.4. The van der Waals surface area contributed by atoms with E-state index in [1.54, 1.807) is 0 Å². The summed E-state index contributed by atoms with van der Waals surface area (Å²) in [6.45, 7) is 5.58. The second-order valence-corrected chi connectivity index (χ2v) is 5.14. The number of amides is 1. The van der Waals surface area contributed by atoms with Crippen LogP contribution in [0.5, 0.6) is 0 Å². The maximum Gasteiger partial charge on any atom is 0.300 e. The number of nitrogens with two attached hydrogens (primary N) is 1. The maximum atomic E-state index is 12.1. The van der Waals surface area contributed by atoms with Crippen LogP contribution in [0.15, 0.2) is 12.3 Å². The predicted octanol–water partition coefficient (Wildman–Crippen LogP) is 0.644. The SMILES string of the molecule is CCN1CCC(CNC(=O)c2cc(N)ncc2[N+](=O)[O-])C1. The predicted molar refractivity (Wildman–Crippen MR) is 77.9 cm³/mol. The number of hydrogen-bond acceptors (Lipinski definition) is 6. The van der Waals surface area contributed by atoms with Crippen LogP contribution in [0.2, 0.25) is 0 Å². The number of nitrogens with one attached hydrogen (secondary N) is 1. The molecule has 0 aliphatic carbocycles. The van der Waals surface area contributed by atoms with Crippen molar-refractivity contribution in [3.8, 4) is 0 Å². The second kappa shape index (κ2) is 6.49. The number of hydrogen-bond donors (Lipinski definition) is 2. The number of pyridine rings is 1. The summed E-state index contributed by atoms with van der Waals surface area (Å²) in [5.41, 5.74) is 5.13. The van der Waals surface area contributed by atoms with Crippen LogP contribution >= 0.6 is 0 Å². The van der Waals surface area contributed by atoms with Crippen molar-refractivity contribution in [2.45, 2.75) is 13.3 Å². The molecule has 0 saturated carbocycles. The van der Waals surface area contributed by atoms with Crippen molar-refractivity contribution in [2.75, 3.05) is 31.9 Å². The summed E-state index contributed by atoms with van der Waals surface area (Å²) in [6, 6.07) is 1.24. The molecule has 3 N–H and O–H groups in total. The van der Waals surface area contributed by atoms with Gasteiger partial charge in [0, 0.05) is 13.1 Å². The van der Waals surface area contributed by atoms with Gasteiger partial charge in [0.1, 0.15) is 17.6 Å². The fraction of sp³-hybridized carbons (Fsp3) is 0.538. The summed E-state index contributed by atoms with van der Waals surface area (Å²) < 4.78 is 0. The van der Waals surface area contributed by atoms with Gasteiger partial charge in [-0.2, -0.15) is 0 Å². The fourth-order valence-corrected chi connectivity index (χ4v) is 2.49. The van der Waals surface area contributed by atoms with E-state index in [2.05, 4.69) is 22.1 Å². The van der Waals surface area contributed by atoms with Crippen molar-refractivity contribution in [3.05, 3.63) is 27.9 Å². The number of nitro groups is 1. The molecule has 1 fully saturated rings. The normalized spacial score (nSPS) is 18.6. The minimum atomic E-state index is -0.629. The third-order valence-corrected chi connectivity index (χ3v) is 3.71. The van der Waals surface area contributed by atoms with Crippen LogP contribution in [0.1, 0.15) is 23.7 Å². The third kappa shape index (κ3) is 3.66. The highest BCUT2D eigenvalue weighted by atomic mass is 16.6. The molecule has 2 rings (SSSR count). The fourth-order valence-electron chi connectivity index (χ4n) is 2.49. The number of anilines is 1. The van der Waals surface area contributed by atoms with Crippen molar-refractivity contribution in [1.82, 2.24) is 15.2 Å². The van der Waals surface area contributed by atoms with Gasteiger partial charge in [0.25, 0.3) is 11.6 Å². The van der Waals surface area contributed by atoms with Gasteiger partial charge in [-0.25, -0.2) is 4.98 Å². The van der Waals surface area contributed by atoms with E-state index in [0.29, 0.717) is 12.5 Å². The van der Waals surface area contributed by atoms with Crippen LogP contribution in [0.25, 0.3) is 0 Å². The number of aromatic nitrogens is 1. The van der Waals surface area contributed by atoms with Crippen molar-refractivity contribution in [2.24, 2.45) is 5.92 Å². The number of rotatable bonds is 5. The molecule has 21 heavy (non-hydrogen) atoms. The molecule has 114 valence electrons.